The monoisotopic (exact) mass is 247 g/mol. The maximum atomic E-state index is 8.88. The molecular formula is C14H21N3O. The zero-order chi connectivity index (χ0) is 13.7. The maximum absolute atomic E-state index is 8.88. The second-order valence-electron chi connectivity index (χ2n) is 4.59. The summed E-state index contributed by atoms with van der Waals surface area (Å²) >= 11 is 0. The van der Waals surface area contributed by atoms with Crippen LogP contribution in [0.15, 0.2) is 18.2 Å². The fraction of sp³-hybridized carbons (Fsp3) is 0.500. The van der Waals surface area contributed by atoms with Crippen molar-refractivity contribution in [1.29, 1.82) is 5.26 Å². The van der Waals surface area contributed by atoms with Gasteiger partial charge in [0.1, 0.15) is 5.75 Å². The molecule has 1 unspecified atom stereocenters. The molecule has 0 spiro atoms. The number of methoxy groups -OCH3 is 1. The van der Waals surface area contributed by atoms with Gasteiger partial charge in [-0.25, -0.2) is 0 Å². The van der Waals surface area contributed by atoms with Crippen molar-refractivity contribution in [3.8, 4) is 11.8 Å². The van der Waals surface area contributed by atoms with Crippen molar-refractivity contribution >= 4 is 5.69 Å². The molecule has 0 aliphatic heterocycles. The smallest absolute Gasteiger partial charge is 0.125 e. The number of rotatable bonds is 5. The molecule has 0 saturated carbocycles. The van der Waals surface area contributed by atoms with E-state index in [0.29, 0.717) is 6.54 Å². The standard InChI is InChI=1S/C14H21N3O/c1-10(8-15)9-17(3)12-6-5-7-13(18-4)14(12)11(2)16/h5-7,10-11H,9,16H2,1-4H3/t10?,11-/m0/s1. The molecule has 18 heavy (non-hydrogen) atoms. The Labute approximate surface area is 109 Å². The summed E-state index contributed by atoms with van der Waals surface area (Å²) in [6.45, 7) is 4.51. The SMILES string of the molecule is COc1cccc(N(C)CC(C)C#N)c1[C@H](C)N. The second kappa shape index (κ2) is 6.27. The van der Waals surface area contributed by atoms with Crippen LogP contribution in [0.4, 0.5) is 5.69 Å². The maximum Gasteiger partial charge on any atom is 0.125 e. The third-order valence-corrected chi connectivity index (χ3v) is 2.90. The molecule has 0 saturated heterocycles. The Morgan fingerprint density at radius 3 is 2.61 bits per heavy atom. The number of anilines is 1. The lowest BCUT2D eigenvalue weighted by Gasteiger charge is -2.26. The van der Waals surface area contributed by atoms with Gasteiger partial charge in [0.05, 0.1) is 19.1 Å². The molecule has 0 aliphatic rings. The molecule has 2 N–H and O–H groups in total. The van der Waals surface area contributed by atoms with Crippen LogP contribution < -0.4 is 15.4 Å². The predicted octanol–water partition coefficient (Wildman–Crippen LogP) is 2.31. The highest BCUT2D eigenvalue weighted by molar-refractivity contribution is 5.60. The summed E-state index contributed by atoms with van der Waals surface area (Å²) in [4.78, 5) is 2.05. The second-order valence-corrected chi connectivity index (χ2v) is 4.59. The molecule has 1 rings (SSSR count). The minimum Gasteiger partial charge on any atom is -0.496 e. The van der Waals surface area contributed by atoms with Crippen molar-refractivity contribution in [2.75, 3.05) is 25.6 Å². The number of nitrogens with zero attached hydrogens (tertiary/aromatic N) is 2. The van der Waals surface area contributed by atoms with E-state index in [9.17, 15) is 0 Å². The van der Waals surface area contributed by atoms with E-state index in [1.54, 1.807) is 7.11 Å². The van der Waals surface area contributed by atoms with E-state index in [4.69, 9.17) is 15.7 Å². The van der Waals surface area contributed by atoms with Crippen LogP contribution in [0, 0.1) is 17.2 Å². The van der Waals surface area contributed by atoms with Crippen LogP contribution in [0.25, 0.3) is 0 Å². The van der Waals surface area contributed by atoms with Crippen molar-refractivity contribution in [1.82, 2.24) is 0 Å². The van der Waals surface area contributed by atoms with E-state index in [2.05, 4.69) is 11.0 Å². The first kappa shape index (κ1) is 14.3. The average Bonchev–Trinajstić information content (AvgIpc) is 2.37. The molecule has 1 aromatic carbocycles. The van der Waals surface area contributed by atoms with E-state index >= 15 is 0 Å². The normalized spacial score (nSPS) is 13.6. The highest BCUT2D eigenvalue weighted by atomic mass is 16.5. The number of ether oxygens (including phenoxy) is 1. The first-order chi connectivity index (χ1) is 8.51. The first-order valence-corrected chi connectivity index (χ1v) is 6.04. The van der Waals surface area contributed by atoms with Crippen molar-refractivity contribution in [2.45, 2.75) is 19.9 Å². The van der Waals surface area contributed by atoms with Crippen LogP contribution in [0.5, 0.6) is 5.75 Å². The molecule has 0 aliphatic carbocycles. The molecule has 0 amide bonds. The Kier molecular flexibility index (Phi) is 4.99. The summed E-state index contributed by atoms with van der Waals surface area (Å²) in [5, 5.41) is 8.88. The summed E-state index contributed by atoms with van der Waals surface area (Å²) in [5.74, 6) is 0.765. The van der Waals surface area contributed by atoms with Crippen molar-refractivity contribution < 1.29 is 4.74 Å². The molecule has 0 bridgehead atoms. The van der Waals surface area contributed by atoms with Gasteiger partial charge in [0.25, 0.3) is 0 Å². The fourth-order valence-corrected chi connectivity index (χ4v) is 2.05. The van der Waals surface area contributed by atoms with Gasteiger partial charge in [-0.3, -0.25) is 0 Å². The number of hydrogen-bond acceptors (Lipinski definition) is 4. The molecular weight excluding hydrogens is 226 g/mol. The third kappa shape index (κ3) is 3.14. The van der Waals surface area contributed by atoms with E-state index in [-0.39, 0.29) is 12.0 Å². The average molecular weight is 247 g/mol. The minimum atomic E-state index is -0.115. The molecule has 0 fully saturated rings. The molecule has 98 valence electrons. The van der Waals surface area contributed by atoms with Crippen LogP contribution in [0.2, 0.25) is 0 Å². The van der Waals surface area contributed by atoms with Crippen LogP contribution in [-0.4, -0.2) is 20.7 Å². The largest absolute Gasteiger partial charge is 0.496 e. The first-order valence-electron chi connectivity index (χ1n) is 6.04. The predicted molar refractivity (Wildman–Crippen MR) is 73.6 cm³/mol. The Bertz CT molecular complexity index is 437. The van der Waals surface area contributed by atoms with Crippen LogP contribution in [-0.2, 0) is 0 Å². The van der Waals surface area contributed by atoms with Gasteiger partial charge in [-0.2, -0.15) is 5.26 Å². The Hall–Kier alpha value is -1.73. The van der Waals surface area contributed by atoms with Gasteiger partial charge >= 0.3 is 0 Å². The van der Waals surface area contributed by atoms with E-state index in [1.165, 1.54) is 0 Å². The summed E-state index contributed by atoms with van der Waals surface area (Å²) < 4.78 is 5.36. The van der Waals surface area contributed by atoms with Crippen LogP contribution in [0.1, 0.15) is 25.5 Å². The quantitative estimate of drug-likeness (QED) is 0.867. The topological polar surface area (TPSA) is 62.3 Å². The summed E-state index contributed by atoms with van der Waals surface area (Å²) in [7, 11) is 3.61. The lowest BCUT2D eigenvalue weighted by atomic mass is 10.0. The van der Waals surface area contributed by atoms with E-state index in [1.807, 2.05) is 39.1 Å². The van der Waals surface area contributed by atoms with Crippen molar-refractivity contribution in [3.63, 3.8) is 0 Å². The Balaban J connectivity index is 3.12. The van der Waals surface area contributed by atoms with Gasteiger partial charge in [-0.05, 0) is 26.0 Å². The molecule has 4 heteroatoms. The van der Waals surface area contributed by atoms with Gasteiger partial charge in [0, 0.05) is 30.9 Å². The lowest BCUT2D eigenvalue weighted by Crippen LogP contribution is -2.25. The number of hydrogen-bond donors (Lipinski definition) is 1. The van der Waals surface area contributed by atoms with Gasteiger partial charge in [0.2, 0.25) is 0 Å². The van der Waals surface area contributed by atoms with Crippen LogP contribution >= 0.6 is 0 Å². The third-order valence-electron chi connectivity index (χ3n) is 2.90. The van der Waals surface area contributed by atoms with Gasteiger partial charge < -0.3 is 15.4 Å². The summed E-state index contributed by atoms with van der Waals surface area (Å²) in [6, 6.07) is 7.97. The summed E-state index contributed by atoms with van der Waals surface area (Å²) in [5.41, 5.74) is 8.02. The zero-order valence-electron chi connectivity index (χ0n) is 11.5. The fourth-order valence-electron chi connectivity index (χ4n) is 2.05. The highest BCUT2D eigenvalue weighted by Gasteiger charge is 2.17. The van der Waals surface area contributed by atoms with E-state index in [0.717, 1.165) is 17.0 Å². The Morgan fingerprint density at radius 1 is 1.44 bits per heavy atom. The van der Waals surface area contributed by atoms with Crippen LogP contribution in [0.3, 0.4) is 0 Å². The van der Waals surface area contributed by atoms with Crippen molar-refractivity contribution in [3.05, 3.63) is 23.8 Å². The van der Waals surface area contributed by atoms with Gasteiger partial charge in [0.15, 0.2) is 0 Å². The number of benzene rings is 1. The Morgan fingerprint density at radius 2 is 2.11 bits per heavy atom. The van der Waals surface area contributed by atoms with Gasteiger partial charge in [-0.1, -0.05) is 6.07 Å². The molecule has 0 heterocycles. The van der Waals surface area contributed by atoms with Gasteiger partial charge in [-0.15, -0.1) is 0 Å². The van der Waals surface area contributed by atoms with E-state index < -0.39 is 0 Å². The number of nitrogens with two attached hydrogens (primary N) is 1. The highest BCUT2D eigenvalue weighted by Crippen LogP contribution is 2.33. The number of nitriles is 1. The molecule has 2 atom stereocenters. The molecule has 0 aromatic heterocycles. The minimum absolute atomic E-state index is 0.0258. The molecule has 0 radical (unpaired) electrons. The summed E-state index contributed by atoms with van der Waals surface area (Å²) in [6.07, 6.45) is 0. The zero-order valence-corrected chi connectivity index (χ0v) is 11.5. The molecule has 4 nitrogen and oxygen atoms in total. The van der Waals surface area contributed by atoms with Crippen molar-refractivity contribution in [2.24, 2.45) is 11.7 Å². The lowest BCUT2D eigenvalue weighted by molar-refractivity contribution is 0.407. The molecule has 1 aromatic rings.